The summed E-state index contributed by atoms with van der Waals surface area (Å²) in [4.78, 5) is 2.25. The predicted molar refractivity (Wildman–Crippen MR) is 81.4 cm³/mol. The molecule has 0 saturated heterocycles. The Hall–Kier alpha value is -1.04. The van der Waals surface area contributed by atoms with Crippen LogP contribution in [-0.2, 0) is 4.74 Å². The molecule has 0 spiro atoms. The van der Waals surface area contributed by atoms with Gasteiger partial charge in [-0.25, -0.2) is 8.78 Å². The van der Waals surface area contributed by atoms with Crippen LogP contribution in [0.5, 0.6) is 0 Å². The van der Waals surface area contributed by atoms with Gasteiger partial charge in [0.1, 0.15) is 0 Å². The van der Waals surface area contributed by atoms with Gasteiger partial charge in [-0.2, -0.15) is 0 Å². The highest BCUT2D eigenvalue weighted by Gasteiger charge is 2.17. The van der Waals surface area contributed by atoms with Crippen molar-refractivity contribution in [2.75, 3.05) is 39.9 Å². The van der Waals surface area contributed by atoms with Gasteiger partial charge < -0.3 is 15.0 Å². The quantitative estimate of drug-likeness (QED) is 0.672. The number of ether oxygens (including phenoxy) is 1. The Morgan fingerprint density at radius 3 is 2.62 bits per heavy atom. The maximum atomic E-state index is 13.8. The van der Waals surface area contributed by atoms with Gasteiger partial charge in [0.25, 0.3) is 0 Å². The van der Waals surface area contributed by atoms with Crippen LogP contribution in [0.4, 0.5) is 8.78 Å². The lowest BCUT2D eigenvalue weighted by Gasteiger charge is -2.24. The molecule has 1 atom stereocenters. The summed E-state index contributed by atoms with van der Waals surface area (Å²) in [7, 11) is 1.77. The first-order chi connectivity index (χ1) is 10.1. The SMILES string of the molecule is CCOCCN(CC)CCC(NC)c1cccc(F)c1F. The summed E-state index contributed by atoms with van der Waals surface area (Å²) in [5, 5.41) is 3.07. The molecule has 1 aromatic rings. The Bertz CT molecular complexity index is 415. The van der Waals surface area contributed by atoms with Gasteiger partial charge in [-0.1, -0.05) is 19.1 Å². The number of benzene rings is 1. The van der Waals surface area contributed by atoms with E-state index in [1.807, 2.05) is 6.92 Å². The van der Waals surface area contributed by atoms with Crippen LogP contribution in [0.15, 0.2) is 18.2 Å². The van der Waals surface area contributed by atoms with Gasteiger partial charge in [0.05, 0.1) is 6.61 Å². The monoisotopic (exact) mass is 300 g/mol. The van der Waals surface area contributed by atoms with Crippen LogP contribution in [-0.4, -0.2) is 44.8 Å². The third-order valence-electron chi connectivity index (χ3n) is 3.64. The second-order valence-electron chi connectivity index (χ2n) is 4.90. The van der Waals surface area contributed by atoms with E-state index in [9.17, 15) is 8.78 Å². The van der Waals surface area contributed by atoms with Crippen LogP contribution < -0.4 is 5.32 Å². The van der Waals surface area contributed by atoms with Crippen molar-refractivity contribution in [1.29, 1.82) is 0 Å². The fourth-order valence-corrected chi connectivity index (χ4v) is 2.32. The van der Waals surface area contributed by atoms with Gasteiger partial charge >= 0.3 is 0 Å². The molecule has 1 aromatic carbocycles. The Morgan fingerprint density at radius 1 is 1.24 bits per heavy atom. The highest BCUT2D eigenvalue weighted by molar-refractivity contribution is 5.22. The summed E-state index contributed by atoms with van der Waals surface area (Å²) in [6, 6.07) is 4.13. The first kappa shape index (κ1) is 18.0. The van der Waals surface area contributed by atoms with E-state index >= 15 is 0 Å². The van der Waals surface area contributed by atoms with E-state index < -0.39 is 11.6 Å². The molecular formula is C16H26F2N2O. The number of likely N-dealkylation sites (N-methyl/N-ethyl adjacent to an activating group) is 1. The highest BCUT2D eigenvalue weighted by atomic mass is 19.2. The maximum absolute atomic E-state index is 13.8. The third-order valence-corrected chi connectivity index (χ3v) is 3.64. The normalized spacial score (nSPS) is 12.9. The fourth-order valence-electron chi connectivity index (χ4n) is 2.32. The number of hydrogen-bond donors (Lipinski definition) is 1. The molecule has 120 valence electrons. The van der Waals surface area contributed by atoms with Crippen LogP contribution in [0.1, 0.15) is 31.9 Å². The molecule has 0 bridgehead atoms. The van der Waals surface area contributed by atoms with E-state index in [0.29, 0.717) is 18.8 Å². The van der Waals surface area contributed by atoms with Crippen LogP contribution in [0.2, 0.25) is 0 Å². The third kappa shape index (κ3) is 5.69. The summed E-state index contributed by atoms with van der Waals surface area (Å²) < 4.78 is 32.5. The molecular weight excluding hydrogens is 274 g/mol. The van der Waals surface area contributed by atoms with E-state index in [-0.39, 0.29) is 6.04 Å². The molecule has 0 fully saturated rings. The average molecular weight is 300 g/mol. The molecule has 0 heterocycles. The minimum Gasteiger partial charge on any atom is -0.380 e. The van der Waals surface area contributed by atoms with Gasteiger partial charge in [0.15, 0.2) is 11.6 Å². The first-order valence-electron chi connectivity index (χ1n) is 7.55. The molecule has 0 aliphatic heterocycles. The van der Waals surface area contributed by atoms with Crippen molar-refractivity contribution in [2.45, 2.75) is 26.3 Å². The van der Waals surface area contributed by atoms with E-state index in [1.54, 1.807) is 19.2 Å². The van der Waals surface area contributed by atoms with Crippen molar-refractivity contribution in [2.24, 2.45) is 0 Å². The Labute approximate surface area is 126 Å². The molecule has 0 aliphatic carbocycles. The molecule has 1 unspecified atom stereocenters. The Morgan fingerprint density at radius 2 is 2.00 bits per heavy atom. The second-order valence-corrected chi connectivity index (χ2v) is 4.90. The summed E-state index contributed by atoms with van der Waals surface area (Å²) in [5.41, 5.74) is 0.387. The van der Waals surface area contributed by atoms with Crippen molar-refractivity contribution in [3.8, 4) is 0 Å². The largest absolute Gasteiger partial charge is 0.380 e. The molecule has 0 aliphatic rings. The maximum Gasteiger partial charge on any atom is 0.163 e. The van der Waals surface area contributed by atoms with E-state index in [0.717, 1.165) is 32.1 Å². The number of nitrogens with zero attached hydrogens (tertiary/aromatic N) is 1. The minimum atomic E-state index is -0.795. The van der Waals surface area contributed by atoms with Gasteiger partial charge in [-0.15, -0.1) is 0 Å². The Balaban J connectivity index is 2.59. The highest BCUT2D eigenvalue weighted by Crippen LogP contribution is 2.22. The van der Waals surface area contributed by atoms with Gasteiger partial charge in [-0.3, -0.25) is 0 Å². The summed E-state index contributed by atoms with van der Waals surface area (Å²) >= 11 is 0. The lowest BCUT2D eigenvalue weighted by molar-refractivity contribution is 0.113. The molecule has 0 amide bonds. The van der Waals surface area contributed by atoms with E-state index in [2.05, 4.69) is 17.1 Å². The molecule has 0 radical (unpaired) electrons. The summed E-state index contributed by atoms with van der Waals surface area (Å²) in [6.07, 6.45) is 0.719. The van der Waals surface area contributed by atoms with Gasteiger partial charge in [0, 0.05) is 31.3 Å². The van der Waals surface area contributed by atoms with E-state index in [4.69, 9.17) is 4.74 Å². The van der Waals surface area contributed by atoms with Crippen molar-refractivity contribution in [3.63, 3.8) is 0 Å². The fraction of sp³-hybridized carbons (Fsp3) is 0.625. The van der Waals surface area contributed by atoms with Crippen LogP contribution in [0.25, 0.3) is 0 Å². The summed E-state index contributed by atoms with van der Waals surface area (Å²) in [5.74, 6) is -1.55. The zero-order chi connectivity index (χ0) is 15.7. The van der Waals surface area contributed by atoms with Crippen molar-refractivity contribution in [1.82, 2.24) is 10.2 Å². The molecule has 5 heteroatoms. The lowest BCUT2D eigenvalue weighted by Crippen LogP contribution is -2.31. The zero-order valence-electron chi connectivity index (χ0n) is 13.2. The molecule has 0 saturated carbocycles. The van der Waals surface area contributed by atoms with E-state index in [1.165, 1.54) is 0 Å². The number of rotatable bonds is 10. The summed E-state index contributed by atoms with van der Waals surface area (Å²) in [6.45, 7) is 8.05. The van der Waals surface area contributed by atoms with Crippen LogP contribution >= 0.6 is 0 Å². The number of nitrogens with one attached hydrogen (secondary N) is 1. The molecule has 21 heavy (non-hydrogen) atoms. The number of halogens is 2. The number of hydrogen-bond acceptors (Lipinski definition) is 3. The molecule has 1 rings (SSSR count). The second kappa shape index (κ2) is 9.82. The van der Waals surface area contributed by atoms with Gasteiger partial charge in [-0.05, 0) is 33.0 Å². The minimum absolute atomic E-state index is 0.193. The molecule has 0 aromatic heterocycles. The zero-order valence-corrected chi connectivity index (χ0v) is 13.2. The Kier molecular flexibility index (Phi) is 8.42. The van der Waals surface area contributed by atoms with Crippen molar-refractivity contribution < 1.29 is 13.5 Å². The molecule has 3 nitrogen and oxygen atoms in total. The van der Waals surface area contributed by atoms with Crippen LogP contribution in [0, 0.1) is 11.6 Å². The average Bonchev–Trinajstić information content (AvgIpc) is 2.50. The predicted octanol–water partition coefficient (Wildman–Crippen LogP) is 2.97. The standard InChI is InChI=1S/C16H26F2N2O/c1-4-20(11-12-21-5-2)10-9-15(19-3)13-7-6-8-14(17)16(13)18/h6-8,15,19H,4-5,9-12H2,1-3H3. The lowest BCUT2D eigenvalue weighted by atomic mass is 10.0. The topological polar surface area (TPSA) is 24.5 Å². The smallest absolute Gasteiger partial charge is 0.163 e. The van der Waals surface area contributed by atoms with Crippen LogP contribution in [0.3, 0.4) is 0 Å². The molecule has 1 N–H and O–H groups in total. The van der Waals surface area contributed by atoms with Crippen molar-refractivity contribution >= 4 is 0 Å². The first-order valence-corrected chi connectivity index (χ1v) is 7.55. The van der Waals surface area contributed by atoms with Gasteiger partial charge in [0.2, 0.25) is 0 Å². The van der Waals surface area contributed by atoms with Crippen molar-refractivity contribution in [3.05, 3.63) is 35.4 Å².